The molecule has 0 aliphatic heterocycles. The van der Waals surface area contributed by atoms with E-state index in [1.54, 1.807) is 26.4 Å². The van der Waals surface area contributed by atoms with E-state index in [4.69, 9.17) is 9.47 Å². The first-order chi connectivity index (χ1) is 17.8. The number of carbonyl (C=O) groups excluding carboxylic acids is 1. The summed E-state index contributed by atoms with van der Waals surface area (Å²) in [5.41, 5.74) is 3.42. The molecule has 37 heavy (non-hydrogen) atoms. The number of methoxy groups -OCH3 is 2. The number of carbonyl (C=O) groups is 1. The molecule has 0 fully saturated rings. The van der Waals surface area contributed by atoms with E-state index in [2.05, 4.69) is 16.0 Å². The minimum atomic E-state index is -0.785. The molecule has 6 N–H and O–H groups in total. The molecule has 9 nitrogen and oxygen atoms in total. The molecule has 9 heteroatoms. The quantitative estimate of drug-likeness (QED) is 0.220. The van der Waals surface area contributed by atoms with Crippen LogP contribution < -0.4 is 25.4 Å². The Morgan fingerprint density at radius 3 is 2.38 bits per heavy atom. The Bertz CT molecular complexity index is 1160. The van der Waals surface area contributed by atoms with Crippen LogP contribution in [0.25, 0.3) is 0 Å². The third kappa shape index (κ3) is 7.85. The number of anilines is 1. The van der Waals surface area contributed by atoms with Gasteiger partial charge in [0.25, 0.3) is 0 Å². The molecule has 0 spiro atoms. The van der Waals surface area contributed by atoms with Crippen LogP contribution in [0.3, 0.4) is 0 Å². The number of ether oxygens (including phenoxy) is 2. The Hall–Kier alpha value is -3.79. The highest BCUT2D eigenvalue weighted by molar-refractivity contribution is 5.89. The van der Waals surface area contributed by atoms with Gasteiger partial charge < -0.3 is 40.7 Å². The molecule has 0 bridgehead atoms. The first-order valence-corrected chi connectivity index (χ1v) is 12.0. The SMILES string of the molecule is COc1cccc(OC)c1CNC(=O)Nc1cccc(C[C@H](C)NC[C@@H](O)c2ccc(O)c(CO)c2)c1. The Morgan fingerprint density at radius 2 is 1.70 bits per heavy atom. The van der Waals surface area contributed by atoms with Crippen LogP contribution in [0.2, 0.25) is 0 Å². The highest BCUT2D eigenvalue weighted by atomic mass is 16.5. The number of rotatable bonds is 12. The number of benzene rings is 3. The van der Waals surface area contributed by atoms with Crippen LogP contribution in [0.15, 0.2) is 60.7 Å². The number of urea groups is 1. The van der Waals surface area contributed by atoms with Gasteiger partial charge >= 0.3 is 6.03 Å². The zero-order valence-corrected chi connectivity index (χ0v) is 21.3. The molecular formula is C28H35N3O6. The second-order valence-corrected chi connectivity index (χ2v) is 8.72. The molecule has 2 atom stereocenters. The summed E-state index contributed by atoms with van der Waals surface area (Å²) in [5.74, 6) is 1.27. The predicted octanol–water partition coefficient (Wildman–Crippen LogP) is 3.48. The van der Waals surface area contributed by atoms with Gasteiger partial charge in [0.05, 0.1) is 39.0 Å². The van der Waals surface area contributed by atoms with E-state index in [-0.39, 0.29) is 31.0 Å². The topological polar surface area (TPSA) is 132 Å². The summed E-state index contributed by atoms with van der Waals surface area (Å²) in [7, 11) is 3.14. The monoisotopic (exact) mass is 509 g/mol. The number of aromatic hydroxyl groups is 1. The van der Waals surface area contributed by atoms with Crippen molar-refractivity contribution in [1.29, 1.82) is 0 Å². The molecule has 3 aromatic carbocycles. The summed E-state index contributed by atoms with van der Waals surface area (Å²) < 4.78 is 10.7. The first kappa shape index (κ1) is 27.8. The molecule has 198 valence electrons. The van der Waals surface area contributed by atoms with E-state index in [0.717, 1.165) is 11.1 Å². The normalized spacial score (nSPS) is 12.5. The molecule has 0 radical (unpaired) electrons. The lowest BCUT2D eigenvalue weighted by Gasteiger charge is -2.18. The van der Waals surface area contributed by atoms with Gasteiger partial charge in [0.15, 0.2) is 0 Å². The van der Waals surface area contributed by atoms with Crippen molar-refractivity contribution >= 4 is 11.7 Å². The number of hydrogen-bond acceptors (Lipinski definition) is 7. The average Bonchev–Trinajstić information content (AvgIpc) is 2.90. The minimum absolute atomic E-state index is 0.00136. The summed E-state index contributed by atoms with van der Waals surface area (Å²) in [6.07, 6.45) is -0.105. The highest BCUT2D eigenvalue weighted by Gasteiger charge is 2.14. The van der Waals surface area contributed by atoms with Crippen molar-refractivity contribution in [2.45, 2.75) is 38.6 Å². The zero-order valence-electron chi connectivity index (χ0n) is 21.3. The molecule has 2 amide bonds. The van der Waals surface area contributed by atoms with E-state index in [0.29, 0.717) is 41.3 Å². The number of amides is 2. The first-order valence-electron chi connectivity index (χ1n) is 12.0. The fourth-order valence-corrected chi connectivity index (χ4v) is 4.02. The number of nitrogens with one attached hydrogen (secondary N) is 3. The van der Waals surface area contributed by atoms with Crippen molar-refractivity contribution in [3.05, 3.63) is 82.9 Å². The number of aliphatic hydroxyl groups is 2. The van der Waals surface area contributed by atoms with E-state index in [1.807, 2.05) is 49.4 Å². The van der Waals surface area contributed by atoms with Gasteiger partial charge in [-0.15, -0.1) is 0 Å². The minimum Gasteiger partial charge on any atom is -0.508 e. The summed E-state index contributed by atoms with van der Waals surface area (Å²) in [6, 6.07) is 17.4. The lowest BCUT2D eigenvalue weighted by atomic mass is 10.0. The van der Waals surface area contributed by atoms with Gasteiger partial charge in [-0.05, 0) is 60.9 Å². The lowest BCUT2D eigenvalue weighted by molar-refractivity contribution is 0.170. The summed E-state index contributed by atoms with van der Waals surface area (Å²) in [4.78, 5) is 12.5. The largest absolute Gasteiger partial charge is 0.508 e. The highest BCUT2D eigenvalue weighted by Crippen LogP contribution is 2.28. The van der Waals surface area contributed by atoms with E-state index < -0.39 is 6.10 Å². The summed E-state index contributed by atoms with van der Waals surface area (Å²) in [6.45, 7) is 2.26. The zero-order chi connectivity index (χ0) is 26.8. The molecular weight excluding hydrogens is 474 g/mol. The number of phenols is 1. The fraction of sp³-hybridized carbons (Fsp3) is 0.321. The maximum Gasteiger partial charge on any atom is 0.319 e. The van der Waals surface area contributed by atoms with Crippen LogP contribution >= 0.6 is 0 Å². The molecule has 0 aromatic heterocycles. The smallest absolute Gasteiger partial charge is 0.319 e. The van der Waals surface area contributed by atoms with Crippen molar-refractivity contribution in [2.24, 2.45) is 0 Å². The van der Waals surface area contributed by atoms with Crippen molar-refractivity contribution in [2.75, 3.05) is 26.1 Å². The van der Waals surface area contributed by atoms with Gasteiger partial charge in [-0.3, -0.25) is 0 Å². The molecule has 0 saturated heterocycles. The maximum absolute atomic E-state index is 12.5. The van der Waals surface area contributed by atoms with Gasteiger partial charge in [-0.1, -0.05) is 24.3 Å². The van der Waals surface area contributed by atoms with Crippen LogP contribution in [0.5, 0.6) is 17.2 Å². The fourth-order valence-electron chi connectivity index (χ4n) is 4.02. The summed E-state index contributed by atoms with van der Waals surface area (Å²) in [5, 5.41) is 38.5. The molecule has 0 unspecified atom stereocenters. The third-order valence-corrected chi connectivity index (χ3v) is 6.00. The van der Waals surface area contributed by atoms with Crippen LogP contribution in [0.1, 0.15) is 35.3 Å². The molecule has 0 aliphatic rings. The molecule has 3 aromatic rings. The molecule has 0 heterocycles. The van der Waals surface area contributed by atoms with Gasteiger partial charge in [-0.25, -0.2) is 4.79 Å². The van der Waals surface area contributed by atoms with Crippen LogP contribution in [-0.4, -0.2) is 48.2 Å². The Labute approximate surface area is 217 Å². The van der Waals surface area contributed by atoms with Crippen LogP contribution in [0.4, 0.5) is 10.5 Å². The summed E-state index contributed by atoms with van der Waals surface area (Å²) >= 11 is 0. The third-order valence-electron chi connectivity index (χ3n) is 6.00. The Morgan fingerprint density at radius 1 is 1.00 bits per heavy atom. The Balaban J connectivity index is 1.51. The van der Waals surface area contributed by atoms with Gasteiger partial charge in [0.2, 0.25) is 0 Å². The average molecular weight is 510 g/mol. The lowest BCUT2D eigenvalue weighted by Crippen LogP contribution is -2.32. The second-order valence-electron chi connectivity index (χ2n) is 8.72. The number of hydrogen-bond donors (Lipinski definition) is 6. The van der Waals surface area contributed by atoms with Gasteiger partial charge in [0.1, 0.15) is 17.2 Å². The van der Waals surface area contributed by atoms with E-state index in [1.165, 1.54) is 6.07 Å². The van der Waals surface area contributed by atoms with E-state index >= 15 is 0 Å². The molecule has 3 rings (SSSR count). The second kappa shape index (κ2) is 13.5. The maximum atomic E-state index is 12.5. The predicted molar refractivity (Wildman–Crippen MR) is 142 cm³/mol. The number of aliphatic hydroxyl groups excluding tert-OH is 2. The van der Waals surface area contributed by atoms with Gasteiger partial charge in [-0.2, -0.15) is 0 Å². The Kier molecular flexibility index (Phi) is 10.1. The van der Waals surface area contributed by atoms with Crippen LogP contribution in [-0.2, 0) is 19.6 Å². The van der Waals surface area contributed by atoms with Crippen molar-refractivity contribution in [1.82, 2.24) is 10.6 Å². The van der Waals surface area contributed by atoms with Gasteiger partial charge in [0, 0.05) is 23.8 Å². The molecule has 0 saturated carbocycles. The van der Waals surface area contributed by atoms with Crippen molar-refractivity contribution in [3.63, 3.8) is 0 Å². The molecule has 0 aliphatic carbocycles. The van der Waals surface area contributed by atoms with Crippen molar-refractivity contribution < 1.29 is 29.6 Å². The van der Waals surface area contributed by atoms with Crippen molar-refractivity contribution in [3.8, 4) is 17.2 Å². The van der Waals surface area contributed by atoms with Crippen LogP contribution in [0, 0.1) is 0 Å². The van der Waals surface area contributed by atoms with E-state index in [9.17, 15) is 20.1 Å². The standard InChI is InChI=1S/C28H35N3O6/c1-18(29-16-25(34)20-10-11-24(33)21(14-20)17-32)12-19-6-4-7-22(13-19)31-28(35)30-15-23-26(36-2)8-5-9-27(23)37-3/h4-11,13-14,18,25,29,32-34H,12,15-17H2,1-3H3,(H2,30,31,35)/t18-,25+/m0/s1.